The van der Waals surface area contributed by atoms with Crippen LogP contribution in [0.4, 0.5) is 0 Å². The van der Waals surface area contributed by atoms with E-state index in [4.69, 9.17) is 5.73 Å². The smallest absolute Gasteiger partial charge is 0.130 e. The van der Waals surface area contributed by atoms with Crippen molar-refractivity contribution in [3.05, 3.63) is 41.0 Å². The second-order valence-corrected chi connectivity index (χ2v) is 3.41. The molecule has 2 N–H and O–H groups in total. The zero-order chi connectivity index (χ0) is 9.54. The molecule has 3 heteroatoms. The average Bonchev–Trinajstić information content (AvgIpc) is 2.59. The highest BCUT2D eigenvalue weighted by molar-refractivity contribution is 6.08. The third-order valence-corrected chi connectivity index (χ3v) is 2.60. The fourth-order valence-corrected chi connectivity index (χ4v) is 1.92. The molecule has 0 aromatic heterocycles. The second-order valence-electron chi connectivity index (χ2n) is 3.41. The minimum absolute atomic E-state index is 0.0729. The van der Waals surface area contributed by atoms with Crippen LogP contribution in [0.3, 0.4) is 0 Å². The van der Waals surface area contributed by atoms with Crippen molar-refractivity contribution < 1.29 is 0 Å². The summed E-state index contributed by atoms with van der Waals surface area (Å²) in [6.07, 6.45) is 3.61. The van der Waals surface area contributed by atoms with Crippen LogP contribution in [0.25, 0.3) is 6.08 Å². The summed E-state index contributed by atoms with van der Waals surface area (Å²) in [5.41, 5.74) is 9.23. The number of amidine groups is 1. The van der Waals surface area contributed by atoms with Crippen molar-refractivity contribution >= 4 is 18.3 Å². The highest BCUT2D eigenvalue weighted by Crippen LogP contribution is 2.37. The molecule has 0 fully saturated rings. The number of hydrogen-bond acceptors (Lipinski definition) is 3. The summed E-state index contributed by atoms with van der Waals surface area (Å²) in [6, 6.07) is 8.27. The normalized spacial score (nSPS) is 22.4. The Balaban J connectivity index is 2.21. The lowest BCUT2D eigenvalue weighted by Gasteiger charge is -2.13. The SMILES string of the molecule is NC1=NC=NC2C1=Cc1ccccc12. The van der Waals surface area contributed by atoms with Gasteiger partial charge in [-0.1, -0.05) is 24.3 Å². The van der Waals surface area contributed by atoms with Gasteiger partial charge < -0.3 is 5.73 Å². The Labute approximate surface area is 81.7 Å². The number of rotatable bonds is 0. The molecule has 68 valence electrons. The van der Waals surface area contributed by atoms with Gasteiger partial charge in [0, 0.05) is 5.57 Å². The fourth-order valence-electron chi connectivity index (χ4n) is 1.92. The topological polar surface area (TPSA) is 50.7 Å². The Bertz CT molecular complexity index is 483. The molecule has 0 saturated carbocycles. The molecule has 1 aliphatic heterocycles. The summed E-state index contributed by atoms with van der Waals surface area (Å²) in [5, 5.41) is 0. The summed E-state index contributed by atoms with van der Waals surface area (Å²) in [4.78, 5) is 8.31. The van der Waals surface area contributed by atoms with Crippen LogP contribution in [0, 0.1) is 0 Å². The van der Waals surface area contributed by atoms with Crippen molar-refractivity contribution in [2.24, 2.45) is 15.7 Å². The number of aliphatic imine (C=N–C) groups is 2. The number of fused-ring (bicyclic) bond motifs is 3. The lowest BCUT2D eigenvalue weighted by molar-refractivity contribution is 0.897. The number of hydrogen-bond donors (Lipinski definition) is 1. The van der Waals surface area contributed by atoms with Gasteiger partial charge in [-0.3, -0.25) is 4.99 Å². The lowest BCUT2D eigenvalue weighted by atomic mass is 10.0. The zero-order valence-corrected chi connectivity index (χ0v) is 7.51. The lowest BCUT2D eigenvalue weighted by Crippen LogP contribution is -2.20. The first-order valence-electron chi connectivity index (χ1n) is 4.52. The first-order chi connectivity index (χ1) is 6.86. The maximum Gasteiger partial charge on any atom is 0.130 e. The van der Waals surface area contributed by atoms with E-state index in [-0.39, 0.29) is 6.04 Å². The van der Waals surface area contributed by atoms with E-state index in [2.05, 4.69) is 28.2 Å². The molecule has 3 rings (SSSR count). The Kier molecular flexibility index (Phi) is 1.36. The summed E-state index contributed by atoms with van der Waals surface area (Å²) in [7, 11) is 0. The molecule has 0 spiro atoms. The summed E-state index contributed by atoms with van der Waals surface area (Å²) in [6.45, 7) is 0. The molecule has 0 saturated heterocycles. The highest BCUT2D eigenvalue weighted by atomic mass is 15.0. The van der Waals surface area contributed by atoms with E-state index in [1.54, 1.807) is 6.34 Å². The molecule has 1 unspecified atom stereocenters. The molecule has 0 bridgehead atoms. The predicted molar refractivity (Wildman–Crippen MR) is 57.3 cm³/mol. The Hall–Kier alpha value is -1.90. The van der Waals surface area contributed by atoms with Crippen LogP contribution in [-0.2, 0) is 0 Å². The van der Waals surface area contributed by atoms with Crippen LogP contribution in [0.5, 0.6) is 0 Å². The van der Waals surface area contributed by atoms with Crippen molar-refractivity contribution in [3.63, 3.8) is 0 Å². The van der Waals surface area contributed by atoms with Gasteiger partial charge in [0.15, 0.2) is 0 Å². The number of nitrogens with zero attached hydrogens (tertiary/aromatic N) is 2. The zero-order valence-electron chi connectivity index (χ0n) is 7.51. The molecule has 0 radical (unpaired) electrons. The van der Waals surface area contributed by atoms with Crippen molar-refractivity contribution in [1.82, 2.24) is 0 Å². The first kappa shape index (κ1) is 7.50. The van der Waals surface area contributed by atoms with Crippen LogP contribution in [-0.4, -0.2) is 12.2 Å². The van der Waals surface area contributed by atoms with E-state index in [0.29, 0.717) is 5.84 Å². The standard InChI is InChI=1S/C11H9N3/c12-11-9-5-7-3-1-2-4-8(7)10(9)13-6-14-11/h1-6,10H,(H2,12,13,14). The van der Waals surface area contributed by atoms with Crippen LogP contribution >= 0.6 is 0 Å². The summed E-state index contributed by atoms with van der Waals surface area (Å²) < 4.78 is 0. The molecule has 1 heterocycles. The monoisotopic (exact) mass is 183 g/mol. The Morgan fingerprint density at radius 1 is 1.21 bits per heavy atom. The summed E-state index contributed by atoms with van der Waals surface area (Å²) in [5.74, 6) is 0.584. The molecule has 14 heavy (non-hydrogen) atoms. The van der Waals surface area contributed by atoms with Crippen LogP contribution in [0.2, 0.25) is 0 Å². The van der Waals surface area contributed by atoms with E-state index in [1.165, 1.54) is 11.1 Å². The van der Waals surface area contributed by atoms with Gasteiger partial charge in [0.1, 0.15) is 18.2 Å². The van der Waals surface area contributed by atoms with E-state index >= 15 is 0 Å². The van der Waals surface area contributed by atoms with E-state index in [9.17, 15) is 0 Å². The molecule has 2 aliphatic rings. The van der Waals surface area contributed by atoms with Crippen molar-refractivity contribution in [2.75, 3.05) is 0 Å². The predicted octanol–water partition coefficient (Wildman–Crippen LogP) is 1.52. The van der Waals surface area contributed by atoms with Gasteiger partial charge in [0.05, 0.1) is 0 Å². The molecule has 1 aliphatic carbocycles. The third-order valence-electron chi connectivity index (χ3n) is 2.60. The molecule has 0 amide bonds. The van der Waals surface area contributed by atoms with E-state index in [1.807, 2.05) is 12.1 Å². The Morgan fingerprint density at radius 3 is 3.00 bits per heavy atom. The quantitative estimate of drug-likeness (QED) is 0.651. The maximum absolute atomic E-state index is 5.79. The summed E-state index contributed by atoms with van der Waals surface area (Å²) >= 11 is 0. The van der Waals surface area contributed by atoms with Crippen LogP contribution in [0.15, 0.2) is 39.8 Å². The van der Waals surface area contributed by atoms with Crippen molar-refractivity contribution in [3.8, 4) is 0 Å². The molecule has 1 atom stereocenters. The molecule has 3 nitrogen and oxygen atoms in total. The minimum Gasteiger partial charge on any atom is -0.383 e. The van der Waals surface area contributed by atoms with Gasteiger partial charge >= 0.3 is 0 Å². The minimum atomic E-state index is 0.0729. The van der Waals surface area contributed by atoms with Gasteiger partial charge in [-0.05, 0) is 17.2 Å². The molecular formula is C11H9N3. The van der Waals surface area contributed by atoms with Gasteiger partial charge in [-0.2, -0.15) is 0 Å². The van der Waals surface area contributed by atoms with Gasteiger partial charge in [0.2, 0.25) is 0 Å². The average molecular weight is 183 g/mol. The number of benzene rings is 1. The molecule has 1 aromatic rings. The van der Waals surface area contributed by atoms with Crippen molar-refractivity contribution in [1.29, 1.82) is 0 Å². The van der Waals surface area contributed by atoms with Gasteiger partial charge in [-0.25, -0.2) is 4.99 Å². The second kappa shape index (κ2) is 2.54. The first-order valence-corrected chi connectivity index (χ1v) is 4.52. The van der Waals surface area contributed by atoms with Crippen LogP contribution < -0.4 is 5.73 Å². The van der Waals surface area contributed by atoms with Gasteiger partial charge in [-0.15, -0.1) is 0 Å². The van der Waals surface area contributed by atoms with E-state index in [0.717, 1.165) is 5.57 Å². The maximum atomic E-state index is 5.79. The Morgan fingerprint density at radius 2 is 2.07 bits per heavy atom. The molecule has 1 aromatic carbocycles. The third kappa shape index (κ3) is 0.865. The molecular weight excluding hydrogens is 174 g/mol. The highest BCUT2D eigenvalue weighted by Gasteiger charge is 2.27. The largest absolute Gasteiger partial charge is 0.383 e. The van der Waals surface area contributed by atoms with E-state index < -0.39 is 0 Å². The number of nitrogens with two attached hydrogens (primary N) is 1. The fraction of sp³-hybridized carbons (Fsp3) is 0.0909. The van der Waals surface area contributed by atoms with Crippen molar-refractivity contribution in [2.45, 2.75) is 6.04 Å². The van der Waals surface area contributed by atoms with Gasteiger partial charge in [0.25, 0.3) is 0 Å². The van der Waals surface area contributed by atoms with Crippen LogP contribution in [0.1, 0.15) is 17.2 Å².